The topological polar surface area (TPSA) is 187 Å². The molecule has 5 N–H and O–H groups in total. The van der Waals surface area contributed by atoms with Gasteiger partial charge in [-0.25, -0.2) is 9.59 Å². The minimum atomic E-state index is -3.98. The lowest BCUT2D eigenvalue weighted by atomic mass is 10.0. The first kappa shape index (κ1) is 33.0. The molecule has 1 amide bonds. The van der Waals surface area contributed by atoms with Crippen molar-refractivity contribution in [1.29, 1.82) is 0 Å². The summed E-state index contributed by atoms with van der Waals surface area (Å²) >= 11 is 0. The Kier molecular flexibility index (Phi) is 11.9. The minimum absolute atomic E-state index is 0.160. The number of carbonyl (C=O) groups excluding carboxylic acids is 3. The number of anilines is 1. The zero-order valence-corrected chi connectivity index (χ0v) is 23.3. The number of nitrogens with two attached hydrogens (primary N) is 2. The van der Waals surface area contributed by atoms with Crippen molar-refractivity contribution in [2.75, 3.05) is 18.5 Å². The van der Waals surface area contributed by atoms with E-state index >= 15 is 8.78 Å². The van der Waals surface area contributed by atoms with E-state index in [0.29, 0.717) is 11.0 Å². The van der Waals surface area contributed by atoms with E-state index in [1.165, 1.54) is 0 Å². The zero-order chi connectivity index (χ0) is 30.2. The second-order valence-corrected chi connectivity index (χ2v) is 10.2. The summed E-state index contributed by atoms with van der Waals surface area (Å²) < 4.78 is 52.3. The van der Waals surface area contributed by atoms with Crippen LogP contribution >= 0.6 is 0 Å². The van der Waals surface area contributed by atoms with E-state index in [4.69, 9.17) is 30.4 Å². The van der Waals surface area contributed by atoms with Gasteiger partial charge in [-0.15, -0.1) is 0 Å². The van der Waals surface area contributed by atoms with Gasteiger partial charge in [0, 0.05) is 6.20 Å². The van der Waals surface area contributed by atoms with Crippen LogP contribution in [0.25, 0.3) is 0 Å². The van der Waals surface area contributed by atoms with Crippen molar-refractivity contribution in [2.45, 2.75) is 90.3 Å². The maximum absolute atomic E-state index is 15.7. The van der Waals surface area contributed by atoms with E-state index in [-0.39, 0.29) is 18.3 Å². The molecule has 1 aliphatic heterocycles. The standard InChI is InChI=1S/C25H39F2N5O8/c1-6-7-8-11-37-24(36)31-16-9-10-32(23(35)30-16)22-25(26,27)19(40-21(34)18(29)14(4)5)15(39-22)12-38-20(33)17(28)13(2)3/h9-10,13-15,17-19,22H,6-8,11-12,28-29H2,1-5H3,(H,30,31,35,36)/t15-,17+,18+,19-,22-/m1/s1. The normalized spacial score (nSPS) is 21.6. The van der Waals surface area contributed by atoms with E-state index in [1.807, 2.05) is 6.92 Å². The fourth-order valence-electron chi connectivity index (χ4n) is 3.58. The Morgan fingerprint density at radius 1 is 1.10 bits per heavy atom. The molecule has 2 heterocycles. The maximum atomic E-state index is 15.7. The lowest BCUT2D eigenvalue weighted by molar-refractivity contribution is -0.179. The predicted octanol–water partition coefficient (Wildman–Crippen LogP) is 1.94. The van der Waals surface area contributed by atoms with Crippen molar-refractivity contribution in [1.82, 2.24) is 9.55 Å². The fourth-order valence-corrected chi connectivity index (χ4v) is 3.58. The van der Waals surface area contributed by atoms with Crippen LogP contribution in [-0.2, 0) is 28.5 Å². The summed E-state index contributed by atoms with van der Waals surface area (Å²) in [6.07, 6.45) is -3.71. The molecule has 0 unspecified atom stereocenters. The van der Waals surface area contributed by atoms with Gasteiger partial charge in [0.1, 0.15) is 30.6 Å². The summed E-state index contributed by atoms with van der Waals surface area (Å²) in [7, 11) is 0. The second-order valence-electron chi connectivity index (χ2n) is 10.2. The number of amides is 1. The van der Waals surface area contributed by atoms with Gasteiger partial charge in [0.05, 0.1) is 6.61 Å². The lowest BCUT2D eigenvalue weighted by Gasteiger charge is -2.26. The smallest absolute Gasteiger partial charge is 0.412 e. The molecule has 15 heteroatoms. The van der Waals surface area contributed by atoms with Crippen LogP contribution < -0.4 is 22.5 Å². The molecule has 1 saturated heterocycles. The molecule has 0 radical (unpaired) electrons. The van der Waals surface area contributed by atoms with Gasteiger partial charge < -0.3 is 30.4 Å². The molecular weight excluding hydrogens is 536 g/mol. The number of halogens is 2. The van der Waals surface area contributed by atoms with E-state index in [1.54, 1.807) is 27.7 Å². The first-order valence-electron chi connectivity index (χ1n) is 13.1. The third-order valence-electron chi connectivity index (χ3n) is 6.26. The number of nitrogens with one attached hydrogen (secondary N) is 1. The Morgan fingerprint density at radius 2 is 1.73 bits per heavy atom. The van der Waals surface area contributed by atoms with Crippen LogP contribution in [0, 0.1) is 11.8 Å². The number of carbonyl (C=O) groups is 3. The Balaban J connectivity index is 2.27. The Hall–Kier alpha value is -3.17. The third-order valence-corrected chi connectivity index (χ3v) is 6.26. The summed E-state index contributed by atoms with van der Waals surface area (Å²) in [6, 6.07) is -1.15. The molecule has 0 bridgehead atoms. The van der Waals surface area contributed by atoms with Crippen molar-refractivity contribution in [2.24, 2.45) is 23.3 Å². The molecule has 0 aliphatic carbocycles. The van der Waals surface area contributed by atoms with Crippen LogP contribution in [0.4, 0.5) is 19.4 Å². The number of alkyl halides is 2. The highest BCUT2D eigenvalue weighted by Crippen LogP contribution is 2.44. The van der Waals surface area contributed by atoms with E-state index in [9.17, 15) is 19.2 Å². The van der Waals surface area contributed by atoms with Gasteiger partial charge in [-0.05, 0) is 24.3 Å². The molecule has 1 aromatic rings. The van der Waals surface area contributed by atoms with Crippen molar-refractivity contribution < 1.29 is 42.1 Å². The number of rotatable bonds is 13. The maximum Gasteiger partial charge on any atom is 0.412 e. The zero-order valence-electron chi connectivity index (χ0n) is 23.3. The third kappa shape index (κ3) is 8.41. The Labute approximate surface area is 230 Å². The van der Waals surface area contributed by atoms with Crippen LogP contribution in [-0.4, -0.2) is 71.0 Å². The van der Waals surface area contributed by atoms with Gasteiger partial charge in [-0.1, -0.05) is 47.5 Å². The van der Waals surface area contributed by atoms with Crippen LogP contribution in [0.5, 0.6) is 0 Å². The summed E-state index contributed by atoms with van der Waals surface area (Å²) in [5.41, 5.74) is 10.3. The first-order valence-corrected chi connectivity index (χ1v) is 13.1. The second kappa shape index (κ2) is 14.5. The number of unbranched alkanes of at least 4 members (excludes halogenated alkanes) is 2. The van der Waals surface area contributed by atoms with Gasteiger partial charge >= 0.3 is 29.6 Å². The molecule has 226 valence electrons. The van der Waals surface area contributed by atoms with Gasteiger partial charge in [0.15, 0.2) is 6.10 Å². The quantitative estimate of drug-likeness (QED) is 0.177. The van der Waals surface area contributed by atoms with Crippen LogP contribution in [0.3, 0.4) is 0 Å². The molecule has 1 aliphatic rings. The average Bonchev–Trinajstić information content (AvgIpc) is 3.13. The molecule has 5 atom stereocenters. The Morgan fingerprint density at radius 3 is 2.30 bits per heavy atom. The summed E-state index contributed by atoms with van der Waals surface area (Å²) in [4.78, 5) is 52.9. The van der Waals surface area contributed by atoms with Gasteiger partial charge in [-0.3, -0.25) is 19.5 Å². The Bertz CT molecular complexity index is 1080. The van der Waals surface area contributed by atoms with Gasteiger partial charge in [0.2, 0.25) is 6.23 Å². The van der Waals surface area contributed by atoms with Gasteiger partial charge in [-0.2, -0.15) is 13.8 Å². The van der Waals surface area contributed by atoms with E-state index in [0.717, 1.165) is 25.1 Å². The lowest BCUT2D eigenvalue weighted by Crippen LogP contribution is -2.48. The molecule has 1 fully saturated rings. The van der Waals surface area contributed by atoms with Crippen molar-refractivity contribution in [3.8, 4) is 0 Å². The minimum Gasteiger partial charge on any atom is -0.462 e. The number of aromatic nitrogens is 2. The predicted molar refractivity (Wildman–Crippen MR) is 138 cm³/mol. The first-order chi connectivity index (χ1) is 18.7. The summed E-state index contributed by atoms with van der Waals surface area (Å²) in [6.45, 7) is 7.95. The number of hydrogen-bond acceptors (Lipinski definition) is 11. The molecule has 2 rings (SSSR count). The van der Waals surface area contributed by atoms with Crippen molar-refractivity contribution in [3.05, 3.63) is 22.7 Å². The molecule has 40 heavy (non-hydrogen) atoms. The van der Waals surface area contributed by atoms with E-state index in [2.05, 4.69) is 10.3 Å². The molecule has 13 nitrogen and oxygen atoms in total. The number of ether oxygens (including phenoxy) is 4. The number of nitrogens with zero attached hydrogens (tertiary/aromatic N) is 2. The highest BCUT2D eigenvalue weighted by Gasteiger charge is 2.63. The SMILES string of the molecule is CCCCCOC(=O)Nc1ccn([C@@H]2O[C@H](COC(=O)[C@@H](N)C(C)C)[C@@H](OC(=O)[C@@H](N)C(C)C)C2(F)F)c(=O)n1. The largest absolute Gasteiger partial charge is 0.462 e. The molecule has 1 aromatic heterocycles. The molecule has 0 saturated carbocycles. The monoisotopic (exact) mass is 575 g/mol. The molecule has 0 spiro atoms. The van der Waals surface area contributed by atoms with Crippen LogP contribution in [0.15, 0.2) is 17.1 Å². The fraction of sp³-hybridized carbons (Fsp3) is 0.720. The van der Waals surface area contributed by atoms with Crippen LogP contribution in [0.1, 0.15) is 60.1 Å². The van der Waals surface area contributed by atoms with Crippen LogP contribution in [0.2, 0.25) is 0 Å². The number of esters is 2. The van der Waals surface area contributed by atoms with E-state index < -0.39 is 72.7 Å². The average molecular weight is 576 g/mol. The number of hydrogen-bond donors (Lipinski definition) is 3. The summed E-state index contributed by atoms with van der Waals surface area (Å²) in [5, 5.41) is 2.25. The van der Waals surface area contributed by atoms with Gasteiger partial charge in [0.25, 0.3) is 0 Å². The highest BCUT2D eigenvalue weighted by molar-refractivity contribution is 5.83. The molecular formula is C25H39F2N5O8. The van der Waals surface area contributed by atoms with Crippen molar-refractivity contribution in [3.63, 3.8) is 0 Å². The highest BCUT2D eigenvalue weighted by atomic mass is 19.3. The summed E-state index contributed by atoms with van der Waals surface area (Å²) in [5.74, 6) is -6.93. The molecule has 0 aromatic carbocycles. The van der Waals surface area contributed by atoms with Crippen molar-refractivity contribution >= 4 is 23.8 Å².